The molecule has 0 aromatic rings. The fraction of sp³-hybridized carbons (Fsp3) is 1.00. The smallest absolute Gasteiger partial charge is 0.0360 e. The Morgan fingerprint density at radius 1 is 1.23 bits per heavy atom. The fourth-order valence-corrected chi connectivity index (χ4v) is 3.17. The highest BCUT2D eigenvalue weighted by molar-refractivity contribution is 4.84. The lowest BCUT2D eigenvalue weighted by atomic mass is 9.81. The van der Waals surface area contributed by atoms with Crippen LogP contribution in [0.25, 0.3) is 0 Å². The molecular formula is C13H26. The van der Waals surface area contributed by atoms with Crippen molar-refractivity contribution < 1.29 is 0 Å². The van der Waals surface area contributed by atoms with Crippen LogP contribution in [0.5, 0.6) is 0 Å². The summed E-state index contributed by atoms with van der Waals surface area (Å²) >= 11 is 0. The highest BCUT2D eigenvalue weighted by Crippen LogP contribution is 2.43. The van der Waals surface area contributed by atoms with Crippen LogP contribution in [-0.4, -0.2) is 0 Å². The van der Waals surface area contributed by atoms with Crippen LogP contribution in [0.4, 0.5) is 0 Å². The van der Waals surface area contributed by atoms with Crippen molar-refractivity contribution in [2.45, 2.75) is 59.8 Å². The van der Waals surface area contributed by atoms with Gasteiger partial charge in [-0.3, -0.25) is 0 Å². The maximum atomic E-state index is 2.49. The van der Waals surface area contributed by atoms with Gasteiger partial charge in [0.15, 0.2) is 0 Å². The number of rotatable bonds is 4. The fourth-order valence-electron chi connectivity index (χ4n) is 3.17. The standard InChI is InChI=1S/C13H26/c1-5-7-12-8-9-13(11(12)4)10(3)6-2/h10-13H,5-9H2,1-4H3/t10?,11?,12-,13+/m1/s1. The molecule has 1 rings (SSSR count). The minimum Gasteiger partial charge on any atom is -0.0654 e. The van der Waals surface area contributed by atoms with Gasteiger partial charge < -0.3 is 0 Å². The van der Waals surface area contributed by atoms with Gasteiger partial charge in [0, 0.05) is 0 Å². The molecule has 1 saturated carbocycles. The van der Waals surface area contributed by atoms with Gasteiger partial charge in [-0.15, -0.1) is 0 Å². The normalized spacial score (nSPS) is 36.5. The van der Waals surface area contributed by atoms with E-state index in [9.17, 15) is 0 Å². The van der Waals surface area contributed by atoms with Crippen LogP contribution in [-0.2, 0) is 0 Å². The molecule has 1 aliphatic rings. The molecule has 78 valence electrons. The summed E-state index contributed by atoms with van der Waals surface area (Å²) < 4.78 is 0. The van der Waals surface area contributed by atoms with Gasteiger partial charge in [-0.1, -0.05) is 47.0 Å². The lowest BCUT2D eigenvalue weighted by Crippen LogP contribution is -2.17. The summed E-state index contributed by atoms with van der Waals surface area (Å²) in [5, 5.41) is 0. The largest absolute Gasteiger partial charge is 0.0654 e. The van der Waals surface area contributed by atoms with Crippen LogP contribution in [0.3, 0.4) is 0 Å². The van der Waals surface area contributed by atoms with E-state index in [0.29, 0.717) is 0 Å². The molecule has 0 N–H and O–H groups in total. The van der Waals surface area contributed by atoms with Crippen LogP contribution in [0, 0.1) is 23.7 Å². The predicted molar refractivity (Wildman–Crippen MR) is 59.7 cm³/mol. The number of hydrogen-bond donors (Lipinski definition) is 0. The van der Waals surface area contributed by atoms with Crippen LogP contribution in [0.1, 0.15) is 59.8 Å². The van der Waals surface area contributed by atoms with Crippen molar-refractivity contribution in [2.24, 2.45) is 23.7 Å². The molecule has 0 heterocycles. The number of hydrogen-bond acceptors (Lipinski definition) is 0. The summed E-state index contributed by atoms with van der Waals surface area (Å²) in [6, 6.07) is 0. The Kier molecular flexibility index (Phi) is 4.28. The van der Waals surface area contributed by atoms with Gasteiger partial charge in [0.05, 0.1) is 0 Å². The average Bonchev–Trinajstić information content (AvgIpc) is 2.48. The summed E-state index contributed by atoms with van der Waals surface area (Å²) in [5.41, 5.74) is 0. The van der Waals surface area contributed by atoms with Crippen molar-refractivity contribution in [3.05, 3.63) is 0 Å². The molecule has 13 heavy (non-hydrogen) atoms. The average molecular weight is 182 g/mol. The molecule has 0 aliphatic heterocycles. The van der Waals surface area contributed by atoms with Crippen LogP contribution in [0.15, 0.2) is 0 Å². The molecule has 0 radical (unpaired) electrons. The molecule has 0 heteroatoms. The third kappa shape index (κ3) is 2.48. The van der Waals surface area contributed by atoms with Gasteiger partial charge in [-0.25, -0.2) is 0 Å². The predicted octanol–water partition coefficient (Wildman–Crippen LogP) is 4.49. The van der Waals surface area contributed by atoms with E-state index in [1.165, 1.54) is 32.1 Å². The molecule has 0 spiro atoms. The summed E-state index contributed by atoms with van der Waals surface area (Å²) in [6.07, 6.45) is 7.22. The zero-order chi connectivity index (χ0) is 9.84. The van der Waals surface area contributed by atoms with E-state index in [1.807, 2.05) is 0 Å². The summed E-state index contributed by atoms with van der Waals surface area (Å²) in [5.74, 6) is 4.03. The van der Waals surface area contributed by atoms with E-state index in [1.54, 1.807) is 0 Å². The molecule has 2 unspecified atom stereocenters. The molecular weight excluding hydrogens is 156 g/mol. The Labute approximate surface area is 84.1 Å². The first-order valence-electron chi connectivity index (χ1n) is 6.20. The first kappa shape index (κ1) is 11.1. The van der Waals surface area contributed by atoms with Crippen molar-refractivity contribution in [1.29, 1.82) is 0 Å². The third-order valence-corrected chi connectivity index (χ3v) is 4.32. The summed E-state index contributed by atoms with van der Waals surface area (Å²) in [4.78, 5) is 0. The highest BCUT2D eigenvalue weighted by atomic mass is 14.4. The molecule has 4 atom stereocenters. The summed E-state index contributed by atoms with van der Waals surface area (Å²) in [6.45, 7) is 9.59. The Hall–Kier alpha value is 0. The quantitative estimate of drug-likeness (QED) is 0.600. The van der Waals surface area contributed by atoms with Crippen LogP contribution < -0.4 is 0 Å². The SMILES string of the molecule is CCC[C@@H]1CC[C@@H](C(C)CC)C1C. The van der Waals surface area contributed by atoms with E-state index >= 15 is 0 Å². The molecule has 0 saturated heterocycles. The van der Waals surface area contributed by atoms with Crippen molar-refractivity contribution in [2.75, 3.05) is 0 Å². The first-order chi connectivity index (χ1) is 6.20. The van der Waals surface area contributed by atoms with Crippen molar-refractivity contribution in [3.8, 4) is 0 Å². The lowest BCUT2D eigenvalue weighted by molar-refractivity contribution is 0.246. The Morgan fingerprint density at radius 3 is 2.46 bits per heavy atom. The molecule has 0 bridgehead atoms. The third-order valence-electron chi connectivity index (χ3n) is 4.32. The zero-order valence-electron chi connectivity index (χ0n) is 9.84. The van der Waals surface area contributed by atoms with Gasteiger partial charge in [0.1, 0.15) is 0 Å². The van der Waals surface area contributed by atoms with E-state index in [0.717, 1.165) is 23.7 Å². The van der Waals surface area contributed by atoms with Gasteiger partial charge >= 0.3 is 0 Å². The topological polar surface area (TPSA) is 0 Å². The molecule has 0 nitrogen and oxygen atoms in total. The maximum absolute atomic E-state index is 2.49. The molecule has 1 fully saturated rings. The molecule has 0 aromatic heterocycles. The maximum Gasteiger partial charge on any atom is -0.0360 e. The van der Waals surface area contributed by atoms with E-state index in [2.05, 4.69) is 27.7 Å². The Morgan fingerprint density at radius 2 is 1.92 bits per heavy atom. The van der Waals surface area contributed by atoms with Crippen molar-refractivity contribution in [3.63, 3.8) is 0 Å². The second-order valence-corrected chi connectivity index (χ2v) is 5.03. The molecule has 0 aromatic carbocycles. The van der Waals surface area contributed by atoms with E-state index in [-0.39, 0.29) is 0 Å². The van der Waals surface area contributed by atoms with E-state index in [4.69, 9.17) is 0 Å². The first-order valence-corrected chi connectivity index (χ1v) is 6.20. The van der Waals surface area contributed by atoms with Gasteiger partial charge in [0.25, 0.3) is 0 Å². The van der Waals surface area contributed by atoms with E-state index < -0.39 is 0 Å². The van der Waals surface area contributed by atoms with Crippen molar-refractivity contribution >= 4 is 0 Å². The van der Waals surface area contributed by atoms with Crippen molar-refractivity contribution in [1.82, 2.24) is 0 Å². The minimum absolute atomic E-state index is 0.955. The molecule has 0 amide bonds. The zero-order valence-corrected chi connectivity index (χ0v) is 9.84. The lowest BCUT2D eigenvalue weighted by Gasteiger charge is -2.25. The second kappa shape index (κ2) is 5.02. The molecule has 1 aliphatic carbocycles. The van der Waals surface area contributed by atoms with Gasteiger partial charge in [-0.2, -0.15) is 0 Å². The highest BCUT2D eigenvalue weighted by Gasteiger charge is 2.34. The van der Waals surface area contributed by atoms with Gasteiger partial charge in [0.2, 0.25) is 0 Å². The Bertz CT molecular complexity index is 139. The monoisotopic (exact) mass is 182 g/mol. The van der Waals surface area contributed by atoms with Gasteiger partial charge in [-0.05, 0) is 36.5 Å². The second-order valence-electron chi connectivity index (χ2n) is 5.03. The van der Waals surface area contributed by atoms with Crippen LogP contribution in [0.2, 0.25) is 0 Å². The summed E-state index contributed by atoms with van der Waals surface area (Å²) in [7, 11) is 0. The minimum atomic E-state index is 0.955. The Balaban J connectivity index is 2.44. The van der Waals surface area contributed by atoms with Crippen LogP contribution >= 0.6 is 0 Å².